The second kappa shape index (κ2) is 14.1. The summed E-state index contributed by atoms with van der Waals surface area (Å²) in [4.78, 5) is 83.3. The highest BCUT2D eigenvalue weighted by molar-refractivity contribution is 6.00. The van der Waals surface area contributed by atoms with Gasteiger partial charge < -0.3 is 20.1 Å². The molecule has 0 aliphatic carbocycles. The Kier molecular flexibility index (Phi) is 10.3. The minimum atomic E-state index is -1.34. The Morgan fingerprint density at radius 2 is 1.80 bits per heavy atom. The molecule has 2 saturated heterocycles. The van der Waals surface area contributed by atoms with Gasteiger partial charge in [-0.15, -0.1) is 0 Å². The Labute approximate surface area is 255 Å². The number of hydrogen-bond acceptors (Lipinski definition) is 9. The lowest BCUT2D eigenvalue weighted by atomic mass is 10.0. The predicted molar refractivity (Wildman–Crippen MR) is 156 cm³/mol. The molecule has 2 aliphatic heterocycles. The summed E-state index contributed by atoms with van der Waals surface area (Å²) in [6, 6.07) is 8.02. The first-order valence-electron chi connectivity index (χ1n) is 14.5. The highest BCUT2D eigenvalue weighted by atomic mass is 16.6. The number of Topliss-reactive ketones (excluding diaryl/α,β-unsaturated/α-hetero) is 1. The van der Waals surface area contributed by atoms with Crippen molar-refractivity contribution in [1.82, 2.24) is 25.6 Å². The van der Waals surface area contributed by atoms with Crippen LogP contribution in [0.1, 0.15) is 63.2 Å². The molecular weight excluding hydrogens is 570 g/mol. The fourth-order valence-corrected chi connectivity index (χ4v) is 4.99. The number of fused-ring (bicyclic) bond motifs is 1. The van der Waals surface area contributed by atoms with Gasteiger partial charge in [0.05, 0.1) is 12.6 Å². The molecule has 1 aromatic heterocycles. The minimum absolute atomic E-state index is 0.0122. The van der Waals surface area contributed by atoms with Crippen molar-refractivity contribution in [2.45, 2.75) is 76.6 Å². The van der Waals surface area contributed by atoms with Crippen molar-refractivity contribution in [2.75, 3.05) is 13.2 Å². The van der Waals surface area contributed by atoms with E-state index in [-0.39, 0.29) is 31.7 Å². The summed E-state index contributed by atoms with van der Waals surface area (Å²) < 4.78 is 10.9. The molecule has 0 spiro atoms. The number of nitrogens with zero attached hydrogens (tertiary/aromatic N) is 3. The zero-order chi connectivity index (χ0) is 31.9. The Morgan fingerprint density at radius 1 is 1.05 bits per heavy atom. The summed E-state index contributed by atoms with van der Waals surface area (Å²) in [7, 11) is 0. The number of carbonyl (C=O) groups is 6. The Morgan fingerprint density at radius 3 is 2.48 bits per heavy atom. The average Bonchev–Trinajstić information content (AvgIpc) is 3.11. The highest BCUT2D eigenvalue weighted by Gasteiger charge is 2.45. The van der Waals surface area contributed by atoms with Crippen LogP contribution in [0.5, 0.6) is 5.75 Å². The number of carbonyl (C=O) groups excluding carboxylic acids is 6. The molecule has 4 amide bonds. The summed E-state index contributed by atoms with van der Waals surface area (Å²) in [5.41, 5.74) is -0.485. The fourth-order valence-electron chi connectivity index (χ4n) is 4.99. The largest absolute Gasteiger partial charge is 0.484 e. The quantitative estimate of drug-likeness (QED) is 0.382. The number of rotatable bonds is 10. The Bertz CT molecular complexity index is 1380. The third-order valence-corrected chi connectivity index (χ3v) is 7.02. The molecule has 1 aromatic carbocycles. The van der Waals surface area contributed by atoms with Crippen molar-refractivity contribution in [3.05, 3.63) is 60.4 Å². The molecule has 0 radical (unpaired) electrons. The third-order valence-electron chi connectivity index (χ3n) is 7.02. The maximum Gasteiger partial charge on any atom is 0.308 e. The number of benzene rings is 1. The lowest BCUT2D eigenvalue weighted by molar-refractivity contribution is -0.176. The summed E-state index contributed by atoms with van der Waals surface area (Å²) >= 11 is 0. The van der Waals surface area contributed by atoms with Crippen molar-refractivity contribution in [3.63, 3.8) is 0 Å². The van der Waals surface area contributed by atoms with Crippen LogP contribution in [0.25, 0.3) is 0 Å². The minimum Gasteiger partial charge on any atom is -0.484 e. The van der Waals surface area contributed by atoms with E-state index in [1.807, 2.05) is 0 Å². The molecule has 2 aromatic rings. The Hall–Kier alpha value is -4.81. The molecular formula is C31H37N5O8. The number of ether oxygens (including phenoxy) is 2. The van der Waals surface area contributed by atoms with Crippen LogP contribution in [0.15, 0.2) is 54.9 Å². The molecule has 2 fully saturated rings. The number of hydrogen-bond donors (Lipinski definition) is 2. The monoisotopic (exact) mass is 607 g/mol. The molecule has 13 nitrogen and oxygen atoms in total. The predicted octanol–water partition coefficient (Wildman–Crippen LogP) is 1.57. The summed E-state index contributed by atoms with van der Waals surface area (Å²) in [6.07, 6.45) is 3.15. The molecule has 2 aliphatic rings. The second-order valence-electron chi connectivity index (χ2n) is 11.6. The lowest BCUT2D eigenvalue weighted by Gasteiger charge is -2.43. The second-order valence-corrected chi connectivity index (χ2v) is 11.6. The number of hydrazine groups is 1. The topological polar surface area (TPSA) is 164 Å². The number of nitrogens with one attached hydrogen (secondary N) is 2. The van der Waals surface area contributed by atoms with Crippen LogP contribution in [-0.4, -0.2) is 87.3 Å². The first-order valence-corrected chi connectivity index (χ1v) is 14.5. The zero-order valence-corrected chi connectivity index (χ0v) is 25.0. The van der Waals surface area contributed by atoms with Gasteiger partial charge in [0.15, 0.2) is 5.78 Å². The first-order chi connectivity index (χ1) is 20.9. The van der Waals surface area contributed by atoms with Crippen LogP contribution in [-0.2, 0) is 28.7 Å². The number of amides is 4. The third kappa shape index (κ3) is 8.39. The van der Waals surface area contributed by atoms with Crippen LogP contribution in [0, 0.1) is 0 Å². The fraction of sp³-hybridized carbons (Fsp3) is 0.452. The van der Waals surface area contributed by atoms with Gasteiger partial charge in [-0.25, -0.2) is 5.01 Å². The number of aromatic nitrogens is 1. The van der Waals surface area contributed by atoms with Crippen molar-refractivity contribution < 1.29 is 38.2 Å². The van der Waals surface area contributed by atoms with Gasteiger partial charge >= 0.3 is 5.97 Å². The van der Waals surface area contributed by atoms with Crippen molar-refractivity contribution in [3.8, 4) is 5.75 Å². The first kappa shape index (κ1) is 32.1. The van der Waals surface area contributed by atoms with Crippen LogP contribution in [0.2, 0.25) is 0 Å². The van der Waals surface area contributed by atoms with Gasteiger partial charge in [0, 0.05) is 24.7 Å². The average molecular weight is 608 g/mol. The molecule has 234 valence electrons. The molecule has 2 N–H and O–H groups in total. The van der Waals surface area contributed by atoms with E-state index in [1.165, 1.54) is 11.2 Å². The molecule has 13 heteroatoms. The normalized spacial score (nSPS) is 19.2. The molecule has 4 rings (SSSR count). The van der Waals surface area contributed by atoms with E-state index in [0.29, 0.717) is 17.7 Å². The molecule has 3 atom stereocenters. The number of esters is 1. The maximum absolute atomic E-state index is 13.8. The molecule has 3 unspecified atom stereocenters. The zero-order valence-electron chi connectivity index (χ0n) is 25.0. The number of ketones is 1. The summed E-state index contributed by atoms with van der Waals surface area (Å²) in [5, 5.41) is 7.63. The van der Waals surface area contributed by atoms with Crippen molar-refractivity contribution in [2.24, 2.45) is 0 Å². The van der Waals surface area contributed by atoms with Crippen molar-refractivity contribution >= 4 is 35.4 Å². The van der Waals surface area contributed by atoms with E-state index in [4.69, 9.17) is 9.47 Å². The van der Waals surface area contributed by atoms with Crippen LogP contribution >= 0.6 is 0 Å². The van der Waals surface area contributed by atoms with E-state index in [0.717, 1.165) is 5.01 Å². The van der Waals surface area contributed by atoms with E-state index < -0.39 is 66.2 Å². The smallest absolute Gasteiger partial charge is 0.308 e. The Balaban J connectivity index is 1.53. The van der Waals surface area contributed by atoms with E-state index in [9.17, 15) is 28.8 Å². The van der Waals surface area contributed by atoms with E-state index in [2.05, 4.69) is 15.6 Å². The lowest BCUT2D eigenvalue weighted by Crippen LogP contribution is -2.64. The standard InChI is InChI=1S/C31H37N5O8/c1-31(2,3)44-27(39)17-23(25(37)19-43-21-11-7-15-32-18-21)34-29(41)24-12-8-16-35-26(38)14-13-22(30(42)36(24)35)33-28(40)20-9-5-4-6-10-20/h4-7,9-11,15,18,22-24H,8,12-14,16-17,19H2,1-3H3,(H,33,40)(H,34,41). The van der Waals surface area contributed by atoms with Gasteiger partial charge in [0.2, 0.25) is 11.8 Å². The van der Waals surface area contributed by atoms with Crippen molar-refractivity contribution in [1.29, 1.82) is 0 Å². The molecule has 44 heavy (non-hydrogen) atoms. The molecule has 3 heterocycles. The SMILES string of the molecule is CC(C)(C)OC(=O)CC(NC(=O)C1CCCN2C(=O)CCC(NC(=O)c3ccccc3)C(=O)N12)C(=O)COc1cccnc1. The number of pyridine rings is 1. The molecule has 0 saturated carbocycles. The highest BCUT2D eigenvalue weighted by Crippen LogP contribution is 2.25. The van der Waals surface area contributed by atoms with Gasteiger partial charge in [-0.1, -0.05) is 18.2 Å². The van der Waals surface area contributed by atoms with Crippen LogP contribution < -0.4 is 15.4 Å². The van der Waals surface area contributed by atoms with Gasteiger partial charge in [-0.3, -0.25) is 38.8 Å². The van der Waals surface area contributed by atoms with Crippen LogP contribution in [0.3, 0.4) is 0 Å². The summed E-state index contributed by atoms with van der Waals surface area (Å²) in [6.45, 7) is 4.78. The van der Waals surface area contributed by atoms with E-state index >= 15 is 0 Å². The van der Waals surface area contributed by atoms with Crippen LogP contribution in [0.4, 0.5) is 0 Å². The van der Waals surface area contributed by atoms with Gasteiger partial charge in [0.25, 0.3) is 11.8 Å². The van der Waals surface area contributed by atoms with Gasteiger partial charge in [-0.2, -0.15) is 0 Å². The maximum atomic E-state index is 13.8. The summed E-state index contributed by atoms with van der Waals surface area (Å²) in [5.74, 6) is -3.19. The van der Waals surface area contributed by atoms with E-state index in [1.54, 1.807) is 69.4 Å². The molecule has 0 bridgehead atoms. The van der Waals surface area contributed by atoms with Gasteiger partial charge in [0.1, 0.15) is 36.1 Å². The van der Waals surface area contributed by atoms with Gasteiger partial charge in [-0.05, 0) is 64.3 Å².